The highest BCUT2D eigenvalue weighted by molar-refractivity contribution is 7.89. The van der Waals surface area contributed by atoms with Crippen molar-refractivity contribution in [1.29, 1.82) is 0 Å². The van der Waals surface area contributed by atoms with Crippen LogP contribution in [-0.4, -0.2) is 27.6 Å². The minimum Gasteiger partial charge on any atom is -0.494 e. The third kappa shape index (κ3) is 3.85. The first-order valence-corrected chi connectivity index (χ1v) is 7.98. The summed E-state index contributed by atoms with van der Waals surface area (Å²) < 4.78 is 45.6. The molecule has 2 rings (SSSR count). The molecule has 0 spiro atoms. The summed E-state index contributed by atoms with van der Waals surface area (Å²) in [6.45, 7) is 0.255. The number of ether oxygens (including phenoxy) is 1. The summed E-state index contributed by atoms with van der Waals surface area (Å²) in [5.41, 5.74) is 5.14. The summed E-state index contributed by atoms with van der Waals surface area (Å²) in [5, 5.41) is 0. The van der Waals surface area contributed by atoms with Gasteiger partial charge in [0.25, 0.3) is 0 Å². The van der Waals surface area contributed by atoms with Crippen LogP contribution in [0.4, 0.5) is 4.39 Å². The molecule has 0 atom stereocenters. The predicted molar refractivity (Wildman–Crippen MR) is 80.8 cm³/mol. The molecule has 1 aromatic carbocycles. The van der Waals surface area contributed by atoms with Crippen LogP contribution in [-0.2, 0) is 10.0 Å². The Labute approximate surface area is 130 Å². The lowest BCUT2D eigenvalue weighted by Crippen LogP contribution is -2.51. The maximum Gasteiger partial charge on any atom is 0.241 e. The lowest BCUT2D eigenvalue weighted by atomic mass is 10.0. The standard InChI is InChI=1S/C13H19FN2O3S.ClH/c1-19-12-8-10(4-5-11(12)14)20(17,18)16-13(9-15)6-2-3-7-13;/h4-5,8,16H,2-3,6-7,9,15H2,1H3;1H. The van der Waals surface area contributed by atoms with Crippen LogP contribution < -0.4 is 15.2 Å². The quantitative estimate of drug-likeness (QED) is 0.857. The van der Waals surface area contributed by atoms with E-state index in [2.05, 4.69) is 4.72 Å². The van der Waals surface area contributed by atoms with Crippen molar-refractivity contribution in [1.82, 2.24) is 4.72 Å². The lowest BCUT2D eigenvalue weighted by molar-refractivity contribution is 0.383. The maximum absolute atomic E-state index is 13.3. The van der Waals surface area contributed by atoms with Crippen molar-refractivity contribution >= 4 is 22.4 Å². The Morgan fingerprint density at radius 3 is 2.52 bits per heavy atom. The normalized spacial score (nSPS) is 17.3. The van der Waals surface area contributed by atoms with Gasteiger partial charge in [0.15, 0.2) is 11.6 Å². The van der Waals surface area contributed by atoms with E-state index in [1.54, 1.807) is 0 Å². The van der Waals surface area contributed by atoms with E-state index in [4.69, 9.17) is 10.5 Å². The van der Waals surface area contributed by atoms with Gasteiger partial charge in [0, 0.05) is 18.2 Å². The molecule has 1 saturated carbocycles. The Morgan fingerprint density at radius 1 is 1.38 bits per heavy atom. The third-order valence-corrected chi connectivity index (χ3v) is 5.31. The van der Waals surface area contributed by atoms with Gasteiger partial charge in [0.05, 0.1) is 12.0 Å². The number of rotatable bonds is 5. The molecule has 3 N–H and O–H groups in total. The van der Waals surface area contributed by atoms with Crippen LogP contribution in [0.15, 0.2) is 23.1 Å². The molecule has 0 radical (unpaired) electrons. The van der Waals surface area contributed by atoms with Crippen molar-refractivity contribution in [2.45, 2.75) is 36.1 Å². The van der Waals surface area contributed by atoms with E-state index < -0.39 is 21.4 Å². The molecule has 1 aromatic rings. The van der Waals surface area contributed by atoms with Crippen LogP contribution in [0.3, 0.4) is 0 Å². The highest BCUT2D eigenvalue weighted by Gasteiger charge is 2.36. The average Bonchev–Trinajstić information content (AvgIpc) is 2.87. The van der Waals surface area contributed by atoms with E-state index in [1.165, 1.54) is 19.2 Å². The van der Waals surface area contributed by atoms with Crippen LogP contribution in [0.25, 0.3) is 0 Å². The van der Waals surface area contributed by atoms with E-state index in [0.717, 1.165) is 31.7 Å². The number of nitrogens with two attached hydrogens (primary N) is 1. The molecule has 120 valence electrons. The molecule has 0 saturated heterocycles. The fraction of sp³-hybridized carbons (Fsp3) is 0.538. The summed E-state index contributed by atoms with van der Waals surface area (Å²) >= 11 is 0. The molecule has 1 fully saturated rings. The predicted octanol–water partition coefficient (Wildman–Crippen LogP) is 1.81. The Morgan fingerprint density at radius 2 is 2.00 bits per heavy atom. The monoisotopic (exact) mass is 338 g/mol. The fourth-order valence-electron chi connectivity index (χ4n) is 2.55. The Kier molecular flexibility index (Phi) is 5.98. The van der Waals surface area contributed by atoms with Crippen molar-refractivity contribution in [2.24, 2.45) is 5.73 Å². The van der Waals surface area contributed by atoms with Crippen molar-refractivity contribution in [3.05, 3.63) is 24.0 Å². The first-order chi connectivity index (χ1) is 9.42. The van der Waals surface area contributed by atoms with Crippen LogP contribution in [0, 0.1) is 5.82 Å². The van der Waals surface area contributed by atoms with Gasteiger partial charge in [-0.15, -0.1) is 12.4 Å². The van der Waals surface area contributed by atoms with E-state index in [-0.39, 0.29) is 29.6 Å². The zero-order valence-corrected chi connectivity index (χ0v) is 13.4. The fourth-order valence-corrected chi connectivity index (χ4v) is 4.04. The number of sulfonamides is 1. The van der Waals surface area contributed by atoms with E-state index in [9.17, 15) is 12.8 Å². The third-order valence-electron chi connectivity index (χ3n) is 3.74. The van der Waals surface area contributed by atoms with Crippen molar-refractivity contribution in [3.8, 4) is 5.75 Å². The van der Waals surface area contributed by atoms with Gasteiger partial charge in [-0.1, -0.05) is 12.8 Å². The molecule has 0 heterocycles. The summed E-state index contributed by atoms with van der Waals surface area (Å²) in [7, 11) is -2.45. The highest BCUT2D eigenvalue weighted by atomic mass is 35.5. The molecule has 0 unspecified atom stereocenters. The van der Waals surface area contributed by atoms with Gasteiger partial charge in [-0.25, -0.2) is 17.5 Å². The van der Waals surface area contributed by atoms with Crippen molar-refractivity contribution in [3.63, 3.8) is 0 Å². The van der Waals surface area contributed by atoms with Crippen LogP contribution in [0.2, 0.25) is 0 Å². The van der Waals surface area contributed by atoms with Crippen LogP contribution in [0.5, 0.6) is 5.75 Å². The van der Waals surface area contributed by atoms with Gasteiger partial charge >= 0.3 is 0 Å². The van der Waals surface area contributed by atoms with Gasteiger partial charge in [-0.3, -0.25) is 0 Å². The Hall–Kier alpha value is -0.890. The molecular weight excluding hydrogens is 319 g/mol. The van der Waals surface area contributed by atoms with Crippen molar-refractivity contribution < 1.29 is 17.5 Å². The minimum atomic E-state index is -3.74. The molecule has 0 aromatic heterocycles. The van der Waals surface area contributed by atoms with Gasteiger partial charge in [0.2, 0.25) is 10.0 Å². The Balaban J connectivity index is 0.00000220. The number of methoxy groups -OCH3 is 1. The highest BCUT2D eigenvalue weighted by Crippen LogP contribution is 2.31. The number of benzene rings is 1. The van der Waals surface area contributed by atoms with E-state index >= 15 is 0 Å². The van der Waals surface area contributed by atoms with Crippen molar-refractivity contribution in [2.75, 3.05) is 13.7 Å². The zero-order chi connectivity index (χ0) is 14.8. The zero-order valence-electron chi connectivity index (χ0n) is 11.8. The second kappa shape index (κ2) is 6.91. The van der Waals surface area contributed by atoms with Gasteiger partial charge in [-0.2, -0.15) is 0 Å². The van der Waals surface area contributed by atoms with E-state index in [0.29, 0.717) is 0 Å². The molecular formula is C13H20ClFN2O3S. The summed E-state index contributed by atoms with van der Waals surface area (Å²) in [6.07, 6.45) is 3.35. The van der Waals surface area contributed by atoms with Gasteiger partial charge in [-0.05, 0) is 25.0 Å². The largest absolute Gasteiger partial charge is 0.494 e. The first kappa shape index (κ1) is 18.2. The second-order valence-electron chi connectivity index (χ2n) is 5.09. The summed E-state index contributed by atoms with van der Waals surface area (Å²) in [6, 6.07) is 3.48. The number of hydrogen-bond donors (Lipinski definition) is 2. The molecule has 0 amide bonds. The summed E-state index contributed by atoms with van der Waals surface area (Å²) in [4.78, 5) is -0.0181. The maximum atomic E-state index is 13.3. The molecule has 0 bridgehead atoms. The molecule has 8 heteroatoms. The minimum absolute atomic E-state index is 0. The molecule has 1 aliphatic rings. The van der Waals surface area contributed by atoms with Crippen LogP contribution >= 0.6 is 12.4 Å². The summed E-state index contributed by atoms with van der Waals surface area (Å²) in [5.74, 6) is -0.693. The van der Waals surface area contributed by atoms with Gasteiger partial charge < -0.3 is 10.5 Å². The number of hydrogen-bond acceptors (Lipinski definition) is 4. The first-order valence-electron chi connectivity index (χ1n) is 6.50. The Bertz CT molecular complexity index is 589. The van der Waals surface area contributed by atoms with Crippen LogP contribution in [0.1, 0.15) is 25.7 Å². The lowest BCUT2D eigenvalue weighted by Gasteiger charge is -2.28. The van der Waals surface area contributed by atoms with Gasteiger partial charge in [0.1, 0.15) is 0 Å². The number of halogens is 2. The molecule has 21 heavy (non-hydrogen) atoms. The number of nitrogens with one attached hydrogen (secondary N) is 1. The average molecular weight is 339 g/mol. The topological polar surface area (TPSA) is 81.4 Å². The molecule has 0 aliphatic heterocycles. The smallest absolute Gasteiger partial charge is 0.241 e. The SMILES string of the molecule is COc1cc(S(=O)(=O)NC2(CN)CCCC2)ccc1F.Cl. The molecule has 1 aliphatic carbocycles. The second-order valence-corrected chi connectivity index (χ2v) is 6.78. The molecule has 5 nitrogen and oxygen atoms in total. The van der Waals surface area contributed by atoms with E-state index in [1.807, 2.05) is 0 Å².